The number of H-pyrrole nitrogens is 2. The summed E-state index contributed by atoms with van der Waals surface area (Å²) < 4.78 is 13.7. The van der Waals surface area contributed by atoms with E-state index in [1.165, 1.54) is 12.5 Å². The van der Waals surface area contributed by atoms with Gasteiger partial charge in [-0.15, -0.1) is 11.3 Å². The third kappa shape index (κ3) is 4.48. The fourth-order valence-corrected chi connectivity index (χ4v) is 6.26. The molecule has 7 nitrogen and oxygen atoms in total. The summed E-state index contributed by atoms with van der Waals surface area (Å²) in [7, 11) is 0. The second-order valence-corrected chi connectivity index (χ2v) is 11.1. The summed E-state index contributed by atoms with van der Waals surface area (Å²) in [6.45, 7) is 0. The molecule has 1 fully saturated rings. The van der Waals surface area contributed by atoms with Gasteiger partial charge in [0.15, 0.2) is 5.13 Å². The van der Waals surface area contributed by atoms with Gasteiger partial charge in [0.05, 0.1) is 35.0 Å². The number of pyridine rings is 2. The lowest BCUT2D eigenvalue weighted by Crippen LogP contribution is -2.24. The highest BCUT2D eigenvalue weighted by Gasteiger charge is 2.21. The molecule has 0 unspecified atom stereocenters. The van der Waals surface area contributed by atoms with E-state index < -0.39 is 0 Å². The van der Waals surface area contributed by atoms with Crippen LogP contribution in [0.5, 0.6) is 0 Å². The Labute approximate surface area is 227 Å². The molecule has 9 heteroatoms. The fraction of sp³-hybridized carbons (Fsp3) is 0.200. The van der Waals surface area contributed by atoms with Gasteiger partial charge >= 0.3 is 0 Å². The highest BCUT2D eigenvalue weighted by atomic mass is 32.1. The lowest BCUT2D eigenvalue weighted by molar-refractivity contribution is -0.120. The monoisotopic (exact) mass is 536 g/mol. The molecule has 7 rings (SSSR count). The Hall–Kier alpha value is -4.37. The summed E-state index contributed by atoms with van der Waals surface area (Å²) in [6, 6.07) is 15.2. The smallest absolute Gasteiger partial charge is 0.227 e. The van der Waals surface area contributed by atoms with Crippen LogP contribution >= 0.6 is 11.3 Å². The van der Waals surface area contributed by atoms with Gasteiger partial charge in [0.1, 0.15) is 5.69 Å². The van der Waals surface area contributed by atoms with E-state index in [1.807, 2.05) is 36.4 Å². The number of rotatable bonds is 5. The predicted molar refractivity (Wildman–Crippen MR) is 153 cm³/mol. The van der Waals surface area contributed by atoms with Crippen LogP contribution in [0, 0.1) is 11.0 Å². The molecule has 5 heterocycles. The Kier molecular flexibility index (Phi) is 5.93. The van der Waals surface area contributed by atoms with Crippen molar-refractivity contribution < 1.29 is 9.18 Å². The molecule has 3 N–H and O–H groups in total. The molecule has 194 valence electrons. The Morgan fingerprint density at radius 1 is 0.974 bits per heavy atom. The first-order valence-electron chi connectivity index (χ1n) is 13.1. The molecule has 1 aliphatic carbocycles. The van der Waals surface area contributed by atoms with Crippen molar-refractivity contribution in [2.45, 2.75) is 32.1 Å². The maximum Gasteiger partial charge on any atom is 0.227 e. The van der Waals surface area contributed by atoms with E-state index in [2.05, 4.69) is 36.5 Å². The predicted octanol–water partition coefficient (Wildman–Crippen LogP) is 7.55. The largest absolute Gasteiger partial charge is 0.353 e. The van der Waals surface area contributed by atoms with E-state index >= 15 is 0 Å². The van der Waals surface area contributed by atoms with Crippen molar-refractivity contribution >= 4 is 44.7 Å². The Morgan fingerprint density at radius 3 is 2.72 bits per heavy atom. The van der Waals surface area contributed by atoms with Crippen molar-refractivity contribution in [3.63, 3.8) is 0 Å². The van der Waals surface area contributed by atoms with E-state index in [0.29, 0.717) is 5.69 Å². The minimum atomic E-state index is -0.205. The summed E-state index contributed by atoms with van der Waals surface area (Å²) >= 11 is 1.13. The lowest BCUT2D eigenvalue weighted by Gasteiger charge is -2.20. The molecular formula is C30H25FN6OS. The van der Waals surface area contributed by atoms with E-state index in [0.717, 1.165) is 91.9 Å². The molecule has 1 amide bonds. The van der Waals surface area contributed by atoms with E-state index in [4.69, 9.17) is 0 Å². The zero-order valence-corrected chi connectivity index (χ0v) is 21.8. The quantitative estimate of drug-likeness (QED) is 0.212. The van der Waals surface area contributed by atoms with Crippen molar-refractivity contribution in [3.8, 4) is 33.1 Å². The summed E-state index contributed by atoms with van der Waals surface area (Å²) in [6.07, 6.45) is 10.5. The fourth-order valence-electron chi connectivity index (χ4n) is 5.49. The van der Waals surface area contributed by atoms with Gasteiger partial charge in [-0.05, 0) is 49.2 Å². The minimum Gasteiger partial charge on any atom is -0.353 e. The van der Waals surface area contributed by atoms with Crippen molar-refractivity contribution in [1.29, 1.82) is 0 Å². The van der Waals surface area contributed by atoms with Crippen LogP contribution in [0.15, 0.2) is 67.1 Å². The number of thiophene rings is 1. The summed E-state index contributed by atoms with van der Waals surface area (Å²) in [5.74, 6) is 0.138. The standard InChI is InChI=1S/C30H25FN6OS/c31-28-10-9-27(39-28)20-7-4-8-23-21(20)12-25(35-23)29-22-13-24(33-16-26(22)36-37-29)18-11-19(15-32-14-18)34-30(38)17-5-2-1-3-6-17/h4,7-17,35H,1-3,5-6H2,(H,34,38)(H,36,37). The molecule has 0 saturated heterocycles. The average Bonchev–Trinajstić information content (AvgIpc) is 3.71. The van der Waals surface area contributed by atoms with Gasteiger partial charge in [-0.3, -0.25) is 19.9 Å². The lowest BCUT2D eigenvalue weighted by atomic mass is 9.88. The van der Waals surface area contributed by atoms with Gasteiger partial charge in [-0.1, -0.05) is 31.4 Å². The number of aromatic nitrogens is 5. The van der Waals surface area contributed by atoms with Crippen molar-refractivity contribution in [2.75, 3.05) is 5.32 Å². The molecule has 5 aromatic heterocycles. The molecule has 0 atom stereocenters. The number of aromatic amines is 2. The molecule has 1 saturated carbocycles. The van der Waals surface area contributed by atoms with Crippen LogP contribution in [-0.4, -0.2) is 31.1 Å². The van der Waals surface area contributed by atoms with E-state index in [1.54, 1.807) is 18.6 Å². The number of anilines is 1. The number of carbonyl (C=O) groups is 1. The summed E-state index contributed by atoms with van der Waals surface area (Å²) in [4.78, 5) is 26.1. The van der Waals surface area contributed by atoms with Crippen LogP contribution in [0.1, 0.15) is 32.1 Å². The van der Waals surface area contributed by atoms with Crippen LogP contribution in [0.4, 0.5) is 10.1 Å². The van der Waals surface area contributed by atoms with Crippen molar-refractivity contribution in [2.24, 2.45) is 5.92 Å². The topological polar surface area (TPSA) is 99.4 Å². The van der Waals surface area contributed by atoms with E-state index in [-0.39, 0.29) is 17.0 Å². The van der Waals surface area contributed by atoms with Crippen molar-refractivity contribution in [1.82, 2.24) is 25.1 Å². The third-order valence-corrected chi connectivity index (χ3v) is 8.39. The number of nitrogens with zero attached hydrogens (tertiary/aromatic N) is 3. The molecule has 1 aromatic carbocycles. The number of carbonyl (C=O) groups excluding carboxylic acids is 1. The third-order valence-electron chi connectivity index (χ3n) is 7.48. The van der Waals surface area contributed by atoms with E-state index in [9.17, 15) is 9.18 Å². The van der Waals surface area contributed by atoms with Gasteiger partial charge in [0.25, 0.3) is 0 Å². The molecule has 6 aromatic rings. The molecule has 0 aliphatic heterocycles. The van der Waals surface area contributed by atoms with Crippen molar-refractivity contribution in [3.05, 3.63) is 72.3 Å². The highest BCUT2D eigenvalue weighted by molar-refractivity contribution is 7.14. The molecular weight excluding hydrogens is 511 g/mol. The molecule has 39 heavy (non-hydrogen) atoms. The number of benzene rings is 1. The molecule has 0 spiro atoms. The maximum atomic E-state index is 13.7. The first kappa shape index (κ1) is 23.7. The first-order valence-corrected chi connectivity index (χ1v) is 13.9. The molecule has 0 bridgehead atoms. The van der Waals surface area contributed by atoms with Crippen LogP contribution in [0.25, 0.3) is 54.9 Å². The number of amides is 1. The number of fused-ring (bicyclic) bond motifs is 2. The normalized spacial score (nSPS) is 14.3. The SMILES string of the molecule is O=C(Nc1cncc(-c2cc3c(-c4cc5c(-c6ccc(F)s6)cccc5[nH]4)n[nH]c3cn2)c1)C1CCCCC1. The van der Waals surface area contributed by atoms with Gasteiger partial charge in [0.2, 0.25) is 5.91 Å². The second kappa shape index (κ2) is 9.74. The number of hydrogen-bond acceptors (Lipinski definition) is 5. The van der Waals surface area contributed by atoms with Crippen LogP contribution in [0.3, 0.4) is 0 Å². The summed E-state index contributed by atoms with van der Waals surface area (Å²) in [5, 5.41) is 12.4. The molecule has 1 aliphatic rings. The molecule has 0 radical (unpaired) electrons. The van der Waals surface area contributed by atoms with Gasteiger partial charge in [0, 0.05) is 44.4 Å². The van der Waals surface area contributed by atoms with Crippen LogP contribution < -0.4 is 5.32 Å². The number of halogens is 1. The zero-order valence-electron chi connectivity index (χ0n) is 21.0. The minimum absolute atomic E-state index is 0.0673. The highest BCUT2D eigenvalue weighted by Crippen LogP contribution is 2.37. The van der Waals surface area contributed by atoms with Gasteiger partial charge in [-0.25, -0.2) is 0 Å². The van der Waals surface area contributed by atoms with Crippen LogP contribution in [0.2, 0.25) is 0 Å². The Morgan fingerprint density at radius 2 is 1.87 bits per heavy atom. The Bertz CT molecular complexity index is 1830. The average molecular weight is 537 g/mol. The van der Waals surface area contributed by atoms with Crippen LogP contribution in [-0.2, 0) is 4.79 Å². The maximum absolute atomic E-state index is 13.7. The van der Waals surface area contributed by atoms with Gasteiger partial charge in [-0.2, -0.15) is 9.49 Å². The Balaban J connectivity index is 1.22. The second-order valence-electron chi connectivity index (χ2n) is 10.0. The van der Waals surface area contributed by atoms with Gasteiger partial charge < -0.3 is 10.3 Å². The summed E-state index contributed by atoms with van der Waals surface area (Å²) in [5.41, 5.74) is 6.57. The zero-order chi connectivity index (χ0) is 26.3. The number of hydrogen-bond donors (Lipinski definition) is 3. The first-order chi connectivity index (χ1) is 19.1. The number of nitrogens with one attached hydrogen (secondary N) is 3.